The molecule has 3 N–H and O–H groups in total. The van der Waals surface area contributed by atoms with E-state index in [1.165, 1.54) is 6.42 Å². The summed E-state index contributed by atoms with van der Waals surface area (Å²) in [5.41, 5.74) is 2.05. The summed E-state index contributed by atoms with van der Waals surface area (Å²) < 4.78 is 0. The first kappa shape index (κ1) is 12.2. The lowest BCUT2D eigenvalue weighted by Crippen LogP contribution is -2.25. The molecule has 0 aromatic carbocycles. The Morgan fingerprint density at radius 3 is 2.94 bits per heavy atom. The lowest BCUT2D eigenvalue weighted by atomic mass is 9.87. The van der Waals surface area contributed by atoms with Crippen LogP contribution in [0.25, 0.3) is 0 Å². The van der Waals surface area contributed by atoms with Crippen molar-refractivity contribution < 1.29 is 5.11 Å². The number of nitrogens with one attached hydrogen (secondary N) is 2. The van der Waals surface area contributed by atoms with Gasteiger partial charge in [0.2, 0.25) is 0 Å². The van der Waals surface area contributed by atoms with Crippen LogP contribution in [0.5, 0.6) is 0 Å². The molecule has 1 saturated carbocycles. The fourth-order valence-corrected chi connectivity index (χ4v) is 2.38. The van der Waals surface area contributed by atoms with Crippen molar-refractivity contribution in [3.8, 4) is 0 Å². The van der Waals surface area contributed by atoms with Crippen molar-refractivity contribution in [2.45, 2.75) is 31.8 Å². The average Bonchev–Trinajstić information content (AvgIpc) is 2.37. The number of hydrogen-bond donors (Lipinski definition) is 3. The Labute approximate surface area is 102 Å². The standard InChI is InChI=1S/C13H21N3O/c1-14-11-6-12(9-15-8-11)16-7-10-3-2-4-13(17)5-10/h6,8-10,13-14,16-17H,2-5,7H2,1H3. The van der Waals surface area contributed by atoms with Crippen LogP contribution in [-0.4, -0.2) is 29.8 Å². The van der Waals surface area contributed by atoms with E-state index in [1.54, 1.807) is 6.20 Å². The van der Waals surface area contributed by atoms with Crippen molar-refractivity contribution in [3.05, 3.63) is 18.5 Å². The van der Waals surface area contributed by atoms with Gasteiger partial charge in [0.1, 0.15) is 0 Å². The van der Waals surface area contributed by atoms with Crippen molar-refractivity contribution in [1.29, 1.82) is 0 Å². The maximum atomic E-state index is 9.61. The molecule has 1 aromatic heterocycles. The van der Waals surface area contributed by atoms with E-state index in [4.69, 9.17) is 0 Å². The molecular weight excluding hydrogens is 214 g/mol. The molecule has 1 aliphatic carbocycles. The van der Waals surface area contributed by atoms with Crippen molar-refractivity contribution in [2.75, 3.05) is 24.2 Å². The number of aliphatic hydroxyl groups excluding tert-OH is 1. The number of aliphatic hydroxyl groups is 1. The highest BCUT2D eigenvalue weighted by Crippen LogP contribution is 2.24. The Kier molecular flexibility index (Phi) is 4.20. The van der Waals surface area contributed by atoms with Crippen molar-refractivity contribution >= 4 is 11.4 Å². The molecule has 2 rings (SSSR count). The summed E-state index contributed by atoms with van der Waals surface area (Å²) in [5.74, 6) is 0.581. The Bertz CT molecular complexity index is 356. The maximum absolute atomic E-state index is 9.61. The minimum atomic E-state index is -0.0997. The van der Waals surface area contributed by atoms with Crippen molar-refractivity contribution in [2.24, 2.45) is 5.92 Å². The number of aromatic nitrogens is 1. The highest BCUT2D eigenvalue weighted by molar-refractivity contribution is 5.53. The summed E-state index contributed by atoms with van der Waals surface area (Å²) in [5, 5.41) is 16.1. The largest absolute Gasteiger partial charge is 0.393 e. The molecule has 2 atom stereocenters. The van der Waals surface area contributed by atoms with E-state index in [0.29, 0.717) is 5.92 Å². The van der Waals surface area contributed by atoms with Gasteiger partial charge in [-0.25, -0.2) is 0 Å². The predicted octanol–water partition coefficient (Wildman–Crippen LogP) is 2.09. The smallest absolute Gasteiger partial charge is 0.0547 e. The molecule has 2 unspecified atom stereocenters. The summed E-state index contributed by atoms with van der Waals surface area (Å²) in [6.07, 6.45) is 7.78. The summed E-state index contributed by atoms with van der Waals surface area (Å²) in [6.45, 7) is 0.923. The van der Waals surface area contributed by atoms with Crippen LogP contribution in [0.2, 0.25) is 0 Å². The van der Waals surface area contributed by atoms with Gasteiger partial charge in [-0.3, -0.25) is 4.98 Å². The third-order valence-electron chi connectivity index (χ3n) is 3.38. The van der Waals surface area contributed by atoms with Crippen molar-refractivity contribution in [3.63, 3.8) is 0 Å². The van der Waals surface area contributed by atoms with E-state index in [0.717, 1.165) is 37.2 Å². The van der Waals surface area contributed by atoms with Crippen LogP contribution in [0.4, 0.5) is 11.4 Å². The van der Waals surface area contributed by atoms with Gasteiger partial charge in [-0.15, -0.1) is 0 Å². The molecule has 0 aliphatic heterocycles. The van der Waals surface area contributed by atoms with Gasteiger partial charge in [-0.2, -0.15) is 0 Å². The Hall–Kier alpha value is -1.29. The Morgan fingerprint density at radius 2 is 2.18 bits per heavy atom. The predicted molar refractivity (Wildman–Crippen MR) is 70.2 cm³/mol. The SMILES string of the molecule is CNc1cncc(NCC2CCCC(O)C2)c1. The summed E-state index contributed by atoms with van der Waals surface area (Å²) >= 11 is 0. The van der Waals surface area contributed by atoms with Crippen LogP contribution >= 0.6 is 0 Å². The quantitative estimate of drug-likeness (QED) is 0.748. The second kappa shape index (κ2) is 5.87. The van der Waals surface area contributed by atoms with Gasteiger partial charge in [-0.1, -0.05) is 6.42 Å². The Balaban J connectivity index is 1.84. The summed E-state index contributed by atoms with van der Waals surface area (Å²) in [4.78, 5) is 4.16. The number of pyridine rings is 1. The second-order valence-electron chi connectivity index (χ2n) is 4.78. The highest BCUT2D eigenvalue weighted by Gasteiger charge is 2.19. The fraction of sp³-hybridized carbons (Fsp3) is 0.615. The van der Waals surface area contributed by atoms with E-state index < -0.39 is 0 Å². The van der Waals surface area contributed by atoms with E-state index in [1.807, 2.05) is 19.3 Å². The van der Waals surface area contributed by atoms with Crippen LogP contribution in [0.3, 0.4) is 0 Å². The van der Waals surface area contributed by atoms with E-state index >= 15 is 0 Å². The average molecular weight is 235 g/mol. The lowest BCUT2D eigenvalue weighted by molar-refractivity contribution is 0.105. The van der Waals surface area contributed by atoms with Crippen LogP contribution in [0.1, 0.15) is 25.7 Å². The van der Waals surface area contributed by atoms with Gasteiger partial charge in [-0.05, 0) is 31.2 Å². The topological polar surface area (TPSA) is 57.2 Å². The summed E-state index contributed by atoms with van der Waals surface area (Å²) in [6, 6.07) is 2.05. The monoisotopic (exact) mass is 235 g/mol. The maximum Gasteiger partial charge on any atom is 0.0547 e. The molecule has 0 amide bonds. The van der Waals surface area contributed by atoms with Crippen LogP contribution in [0, 0.1) is 5.92 Å². The number of anilines is 2. The zero-order valence-corrected chi connectivity index (χ0v) is 10.3. The molecule has 17 heavy (non-hydrogen) atoms. The molecule has 1 heterocycles. The van der Waals surface area contributed by atoms with Crippen LogP contribution in [-0.2, 0) is 0 Å². The van der Waals surface area contributed by atoms with Gasteiger partial charge in [0.05, 0.1) is 29.9 Å². The molecule has 0 bridgehead atoms. The normalized spacial score (nSPS) is 24.4. The third-order valence-corrected chi connectivity index (χ3v) is 3.38. The summed E-state index contributed by atoms with van der Waals surface area (Å²) in [7, 11) is 1.89. The van der Waals surface area contributed by atoms with Crippen molar-refractivity contribution in [1.82, 2.24) is 4.98 Å². The third kappa shape index (κ3) is 3.60. The minimum absolute atomic E-state index is 0.0997. The molecule has 1 aromatic rings. The molecule has 94 valence electrons. The highest BCUT2D eigenvalue weighted by atomic mass is 16.3. The zero-order valence-electron chi connectivity index (χ0n) is 10.3. The molecule has 4 nitrogen and oxygen atoms in total. The fourth-order valence-electron chi connectivity index (χ4n) is 2.38. The van der Waals surface area contributed by atoms with Gasteiger partial charge in [0.15, 0.2) is 0 Å². The zero-order chi connectivity index (χ0) is 12.1. The first-order valence-corrected chi connectivity index (χ1v) is 6.32. The second-order valence-corrected chi connectivity index (χ2v) is 4.78. The van der Waals surface area contributed by atoms with Gasteiger partial charge >= 0.3 is 0 Å². The van der Waals surface area contributed by atoms with E-state index in [-0.39, 0.29) is 6.10 Å². The van der Waals surface area contributed by atoms with Gasteiger partial charge < -0.3 is 15.7 Å². The molecule has 0 radical (unpaired) electrons. The van der Waals surface area contributed by atoms with Crippen LogP contribution in [0.15, 0.2) is 18.5 Å². The number of nitrogens with zero attached hydrogens (tertiary/aromatic N) is 1. The first-order chi connectivity index (χ1) is 8.28. The van der Waals surface area contributed by atoms with E-state index in [9.17, 15) is 5.11 Å². The lowest BCUT2D eigenvalue weighted by Gasteiger charge is -2.26. The van der Waals surface area contributed by atoms with Crippen LogP contribution < -0.4 is 10.6 Å². The first-order valence-electron chi connectivity index (χ1n) is 6.32. The molecule has 0 saturated heterocycles. The van der Waals surface area contributed by atoms with Gasteiger partial charge in [0.25, 0.3) is 0 Å². The molecule has 1 aliphatic rings. The van der Waals surface area contributed by atoms with Gasteiger partial charge in [0, 0.05) is 13.6 Å². The number of rotatable bonds is 4. The van der Waals surface area contributed by atoms with E-state index in [2.05, 4.69) is 15.6 Å². The molecule has 0 spiro atoms. The number of hydrogen-bond acceptors (Lipinski definition) is 4. The molecule has 4 heteroatoms. The molecular formula is C13H21N3O. The minimum Gasteiger partial charge on any atom is -0.393 e. The molecule has 1 fully saturated rings. The Morgan fingerprint density at radius 1 is 1.35 bits per heavy atom.